The van der Waals surface area contributed by atoms with Crippen LogP contribution in [-0.2, 0) is 23.5 Å². The maximum atomic E-state index is 12.4. The van der Waals surface area contributed by atoms with Crippen molar-refractivity contribution in [2.45, 2.75) is 103 Å². The van der Waals surface area contributed by atoms with Gasteiger partial charge in [0.15, 0.2) is 20.7 Å². The maximum absolute atomic E-state index is 12.4. The fourth-order valence-corrected chi connectivity index (χ4v) is 3.80. The number of aliphatic hydroxyl groups is 1. The normalized spacial score (nSPS) is 27.8. The minimum Gasteiger partial charge on any atom is -0.458 e. The van der Waals surface area contributed by atoms with Crippen LogP contribution in [0.15, 0.2) is 0 Å². The van der Waals surface area contributed by atoms with Crippen LogP contribution in [-0.4, -0.2) is 55.4 Å². The molecule has 0 bridgehead atoms. The monoisotopic (exact) mass is 389 g/mol. The van der Waals surface area contributed by atoms with E-state index in [0.29, 0.717) is 0 Å². The summed E-state index contributed by atoms with van der Waals surface area (Å²) in [6.45, 7) is 17.2. The number of carbonyl (C=O) groups is 2. The Hall–Kier alpha value is -0.963. The van der Waals surface area contributed by atoms with Crippen LogP contribution in [0.2, 0.25) is 18.1 Å². The predicted octanol–water partition coefficient (Wildman–Crippen LogP) is 2.33. The van der Waals surface area contributed by atoms with E-state index in [9.17, 15) is 14.7 Å². The minimum atomic E-state index is -2.20. The third kappa shape index (κ3) is 6.33. The summed E-state index contributed by atoms with van der Waals surface area (Å²) in [6, 6.07) is -0.736. The molecular formula is C18H35NO6Si. The topological polar surface area (TPSA) is 94.1 Å². The summed E-state index contributed by atoms with van der Waals surface area (Å²) in [5, 5.41) is 13.0. The van der Waals surface area contributed by atoms with Crippen LogP contribution in [0.5, 0.6) is 0 Å². The zero-order chi connectivity index (χ0) is 20.5. The van der Waals surface area contributed by atoms with Crippen LogP contribution in [0.3, 0.4) is 0 Å². The molecule has 0 aromatic heterocycles. The van der Waals surface area contributed by atoms with Crippen molar-refractivity contribution in [3.63, 3.8) is 0 Å². The van der Waals surface area contributed by atoms with Crippen LogP contribution < -0.4 is 5.32 Å². The molecule has 0 unspecified atom stereocenters. The standard InChI is InChI=1S/C18H35NO6Si/c1-11(20)19-14-12(25-26(8,9)18(5,6)7)10-13(23-16(14)22)15(21)24-17(2,3)4/h12-14,16,22H,10H2,1-9H3,(H,19,20)/t12-,13-,14+,16-/m0/s1. The van der Waals surface area contributed by atoms with Gasteiger partial charge in [-0.1, -0.05) is 20.8 Å². The first-order valence-electron chi connectivity index (χ1n) is 9.05. The molecule has 4 atom stereocenters. The second-order valence-corrected chi connectivity index (χ2v) is 14.2. The van der Waals surface area contributed by atoms with Crippen LogP contribution in [0.1, 0.15) is 54.9 Å². The summed E-state index contributed by atoms with van der Waals surface area (Å²) in [5.74, 6) is -0.834. The van der Waals surface area contributed by atoms with Gasteiger partial charge in [0, 0.05) is 13.3 Å². The lowest BCUT2D eigenvalue weighted by molar-refractivity contribution is -0.222. The Labute approximate surface area is 157 Å². The largest absolute Gasteiger partial charge is 0.458 e. The molecule has 1 aliphatic heterocycles. The first kappa shape index (κ1) is 23.1. The molecule has 1 saturated heterocycles. The number of aliphatic hydroxyl groups excluding tert-OH is 1. The molecule has 1 amide bonds. The molecule has 0 saturated carbocycles. The van der Waals surface area contributed by atoms with Crippen molar-refractivity contribution in [2.75, 3.05) is 0 Å². The average molecular weight is 390 g/mol. The van der Waals surface area contributed by atoms with Crippen molar-refractivity contribution in [1.82, 2.24) is 5.32 Å². The Balaban J connectivity index is 3.04. The number of carbonyl (C=O) groups excluding carboxylic acids is 2. The van der Waals surface area contributed by atoms with Gasteiger partial charge in [0.1, 0.15) is 11.6 Å². The fourth-order valence-electron chi connectivity index (χ4n) is 2.44. The van der Waals surface area contributed by atoms with Crippen LogP contribution in [0, 0.1) is 0 Å². The van der Waals surface area contributed by atoms with Crippen molar-refractivity contribution in [3.05, 3.63) is 0 Å². The SMILES string of the molecule is CC(=O)N[C@@H]1[C@@H](O[Si](C)(C)C(C)(C)C)C[C@@H](C(=O)OC(C)(C)C)O[C@@H]1O. The van der Waals surface area contributed by atoms with Gasteiger partial charge in [-0.05, 0) is 38.9 Å². The van der Waals surface area contributed by atoms with Gasteiger partial charge in [0.05, 0.1) is 6.10 Å². The lowest BCUT2D eigenvalue weighted by atomic mass is 10.00. The van der Waals surface area contributed by atoms with Crippen LogP contribution in [0.4, 0.5) is 0 Å². The predicted molar refractivity (Wildman–Crippen MR) is 101 cm³/mol. The van der Waals surface area contributed by atoms with Crippen molar-refractivity contribution in [1.29, 1.82) is 0 Å². The molecule has 0 radical (unpaired) electrons. The van der Waals surface area contributed by atoms with E-state index < -0.39 is 44.4 Å². The van der Waals surface area contributed by atoms with Crippen molar-refractivity contribution < 1.29 is 28.6 Å². The van der Waals surface area contributed by atoms with Gasteiger partial charge in [-0.3, -0.25) is 4.79 Å². The molecule has 2 N–H and O–H groups in total. The summed E-state index contributed by atoms with van der Waals surface area (Å²) in [6.07, 6.45) is -2.62. The quantitative estimate of drug-likeness (QED) is 0.566. The molecule has 7 nitrogen and oxygen atoms in total. The molecular weight excluding hydrogens is 354 g/mol. The molecule has 1 heterocycles. The molecule has 1 fully saturated rings. The van der Waals surface area contributed by atoms with E-state index in [1.165, 1.54) is 6.92 Å². The molecule has 26 heavy (non-hydrogen) atoms. The Kier molecular flexibility index (Phi) is 7.06. The van der Waals surface area contributed by atoms with E-state index in [-0.39, 0.29) is 17.4 Å². The molecule has 0 aromatic rings. The highest BCUT2D eigenvalue weighted by atomic mass is 28.4. The number of amides is 1. The third-order valence-corrected chi connectivity index (χ3v) is 9.25. The summed E-state index contributed by atoms with van der Waals surface area (Å²) in [5.41, 5.74) is -0.657. The lowest BCUT2D eigenvalue weighted by Crippen LogP contribution is -2.61. The van der Waals surface area contributed by atoms with Gasteiger partial charge in [0.25, 0.3) is 0 Å². The van der Waals surface area contributed by atoms with Gasteiger partial charge < -0.3 is 24.3 Å². The molecule has 0 aromatic carbocycles. The van der Waals surface area contributed by atoms with Crippen LogP contribution in [0.25, 0.3) is 0 Å². The molecule has 8 heteroatoms. The Morgan fingerprint density at radius 3 is 2.12 bits per heavy atom. The van der Waals surface area contributed by atoms with E-state index in [0.717, 1.165) is 0 Å². The van der Waals surface area contributed by atoms with Crippen molar-refractivity contribution >= 4 is 20.2 Å². The van der Waals surface area contributed by atoms with Crippen molar-refractivity contribution in [3.8, 4) is 0 Å². The molecule has 1 aliphatic rings. The van der Waals surface area contributed by atoms with Gasteiger partial charge >= 0.3 is 5.97 Å². The van der Waals surface area contributed by atoms with E-state index in [4.69, 9.17) is 13.9 Å². The number of ether oxygens (including phenoxy) is 2. The lowest BCUT2D eigenvalue weighted by Gasteiger charge is -2.45. The Bertz CT molecular complexity index is 523. The average Bonchev–Trinajstić information content (AvgIpc) is 2.38. The first-order chi connectivity index (χ1) is 11.5. The number of rotatable bonds is 4. The second-order valence-electron chi connectivity index (χ2n) is 9.43. The smallest absolute Gasteiger partial charge is 0.336 e. The summed E-state index contributed by atoms with van der Waals surface area (Å²) < 4.78 is 17.2. The molecule has 1 rings (SSSR count). The van der Waals surface area contributed by atoms with Gasteiger partial charge in [-0.25, -0.2) is 4.79 Å². The van der Waals surface area contributed by atoms with E-state index in [2.05, 4.69) is 39.2 Å². The summed E-state index contributed by atoms with van der Waals surface area (Å²) in [7, 11) is -2.20. The molecule has 0 spiro atoms. The fraction of sp³-hybridized carbons (Fsp3) is 0.889. The number of nitrogens with one attached hydrogen (secondary N) is 1. The van der Waals surface area contributed by atoms with E-state index >= 15 is 0 Å². The Morgan fingerprint density at radius 2 is 1.69 bits per heavy atom. The second kappa shape index (κ2) is 7.96. The summed E-state index contributed by atoms with van der Waals surface area (Å²) in [4.78, 5) is 24.0. The van der Waals surface area contributed by atoms with E-state index in [1.54, 1.807) is 20.8 Å². The highest BCUT2D eigenvalue weighted by Crippen LogP contribution is 2.39. The number of esters is 1. The van der Waals surface area contributed by atoms with Gasteiger partial charge in [0.2, 0.25) is 5.91 Å². The zero-order valence-electron chi connectivity index (χ0n) is 17.5. The van der Waals surface area contributed by atoms with Gasteiger partial charge in [-0.15, -0.1) is 0 Å². The van der Waals surface area contributed by atoms with Crippen LogP contribution >= 0.6 is 0 Å². The van der Waals surface area contributed by atoms with E-state index in [1.807, 2.05) is 0 Å². The maximum Gasteiger partial charge on any atom is 0.336 e. The Morgan fingerprint density at radius 1 is 1.15 bits per heavy atom. The summed E-state index contributed by atoms with van der Waals surface area (Å²) >= 11 is 0. The van der Waals surface area contributed by atoms with Gasteiger partial charge in [-0.2, -0.15) is 0 Å². The minimum absolute atomic E-state index is 0.0571. The number of hydrogen-bond donors (Lipinski definition) is 2. The molecule has 152 valence electrons. The first-order valence-corrected chi connectivity index (χ1v) is 12.0. The zero-order valence-corrected chi connectivity index (χ0v) is 18.5. The molecule has 0 aliphatic carbocycles. The van der Waals surface area contributed by atoms with Crippen molar-refractivity contribution in [2.24, 2.45) is 0 Å². The number of hydrogen-bond acceptors (Lipinski definition) is 6. The highest BCUT2D eigenvalue weighted by molar-refractivity contribution is 6.74. The third-order valence-electron chi connectivity index (χ3n) is 4.75. The highest BCUT2D eigenvalue weighted by Gasteiger charge is 2.47.